The van der Waals surface area contributed by atoms with Crippen LogP contribution in [0.1, 0.15) is 51.2 Å². The molecule has 20 heavy (non-hydrogen) atoms. The van der Waals surface area contributed by atoms with Crippen LogP contribution >= 0.6 is 0 Å². The Morgan fingerprint density at radius 1 is 1.10 bits per heavy atom. The van der Waals surface area contributed by atoms with Gasteiger partial charge in [0.25, 0.3) is 0 Å². The third-order valence-corrected chi connectivity index (χ3v) is 5.43. The molecule has 110 valence electrons. The van der Waals surface area contributed by atoms with Gasteiger partial charge in [-0.05, 0) is 88.2 Å². The van der Waals surface area contributed by atoms with Crippen molar-refractivity contribution in [2.75, 3.05) is 20.2 Å². The summed E-state index contributed by atoms with van der Waals surface area (Å²) < 4.78 is 5.37. The van der Waals surface area contributed by atoms with E-state index in [1.165, 1.54) is 44.3 Å². The van der Waals surface area contributed by atoms with Crippen LogP contribution in [-0.4, -0.2) is 30.6 Å². The second kappa shape index (κ2) is 4.77. The van der Waals surface area contributed by atoms with Gasteiger partial charge in [-0.3, -0.25) is 4.90 Å². The number of nitrogens with zero attached hydrogens (tertiary/aromatic N) is 1. The fraction of sp³-hybridized carbons (Fsp3) is 0.667. The van der Waals surface area contributed by atoms with Gasteiger partial charge in [0.1, 0.15) is 5.75 Å². The molecule has 1 spiro atoms. The lowest BCUT2D eigenvalue weighted by molar-refractivity contribution is 0.0744. The molecule has 0 saturated carbocycles. The molecule has 0 aromatic heterocycles. The van der Waals surface area contributed by atoms with Crippen LogP contribution < -0.4 is 4.74 Å². The van der Waals surface area contributed by atoms with Crippen molar-refractivity contribution in [2.24, 2.45) is 0 Å². The molecule has 2 heteroatoms. The van der Waals surface area contributed by atoms with Crippen molar-refractivity contribution in [3.63, 3.8) is 0 Å². The summed E-state index contributed by atoms with van der Waals surface area (Å²) >= 11 is 0. The zero-order valence-corrected chi connectivity index (χ0v) is 13.3. The van der Waals surface area contributed by atoms with E-state index < -0.39 is 0 Å². The van der Waals surface area contributed by atoms with Gasteiger partial charge in [-0.1, -0.05) is 6.07 Å². The van der Waals surface area contributed by atoms with Crippen molar-refractivity contribution in [3.05, 3.63) is 29.3 Å². The number of ether oxygens (including phenoxy) is 1. The van der Waals surface area contributed by atoms with Crippen molar-refractivity contribution in [2.45, 2.75) is 57.4 Å². The predicted octanol–water partition coefficient (Wildman–Crippen LogP) is 3.77. The number of fused-ring (bicyclic) bond motifs is 2. The molecule has 0 unspecified atom stereocenters. The van der Waals surface area contributed by atoms with Crippen molar-refractivity contribution in [1.82, 2.24) is 4.90 Å². The van der Waals surface area contributed by atoms with Gasteiger partial charge in [-0.25, -0.2) is 0 Å². The number of benzene rings is 1. The van der Waals surface area contributed by atoms with Gasteiger partial charge < -0.3 is 4.74 Å². The molecule has 0 amide bonds. The molecule has 1 aromatic carbocycles. The Hall–Kier alpha value is -1.02. The third-order valence-electron chi connectivity index (χ3n) is 5.43. The van der Waals surface area contributed by atoms with Crippen LogP contribution in [0.2, 0.25) is 0 Å². The van der Waals surface area contributed by atoms with E-state index in [4.69, 9.17) is 4.74 Å². The summed E-state index contributed by atoms with van der Waals surface area (Å²) in [4.78, 5) is 2.64. The van der Waals surface area contributed by atoms with Gasteiger partial charge in [0.05, 0.1) is 7.11 Å². The zero-order valence-electron chi connectivity index (χ0n) is 13.3. The largest absolute Gasteiger partial charge is 0.497 e. The Morgan fingerprint density at radius 3 is 2.40 bits per heavy atom. The van der Waals surface area contributed by atoms with E-state index in [9.17, 15) is 0 Å². The number of rotatable bonds is 1. The van der Waals surface area contributed by atoms with E-state index in [-0.39, 0.29) is 0 Å². The second-order valence-electron chi connectivity index (χ2n) is 7.46. The Balaban J connectivity index is 1.81. The van der Waals surface area contributed by atoms with Gasteiger partial charge in [-0.15, -0.1) is 0 Å². The molecule has 0 N–H and O–H groups in total. The van der Waals surface area contributed by atoms with E-state index in [1.807, 2.05) is 0 Å². The Morgan fingerprint density at radius 2 is 1.80 bits per heavy atom. The summed E-state index contributed by atoms with van der Waals surface area (Å²) in [6, 6.07) is 6.72. The van der Waals surface area contributed by atoms with Crippen LogP contribution in [0, 0.1) is 0 Å². The molecule has 1 saturated heterocycles. The Labute approximate surface area is 123 Å². The molecule has 0 atom stereocenters. The average molecular weight is 273 g/mol. The zero-order chi connectivity index (χ0) is 14.4. The molecule has 1 aliphatic heterocycles. The highest BCUT2D eigenvalue weighted by atomic mass is 16.5. The monoisotopic (exact) mass is 273 g/mol. The minimum Gasteiger partial charge on any atom is -0.497 e. The van der Waals surface area contributed by atoms with Gasteiger partial charge in [0.2, 0.25) is 0 Å². The minimum atomic E-state index is 0.308. The SMILES string of the molecule is COc1ccc2c(c1)CCC21CCN(C(C)(C)C)CC1. The summed E-state index contributed by atoms with van der Waals surface area (Å²) in [5.74, 6) is 1.01. The Bertz CT molecular complexity index is 493. The molecule has 2 aliphatic rings. The van der Waals surface area contributed by atoms with Gasteiger partial charge in [-0.2, -0.15) is 0 Å². The van der Waals surface area contributed by atoms with Crippen molar-refractivity contribution in [3.8, 4) is 5.75 Å². The molecule has 1 aliphatic carbocycles. The lowest BCUT2D eigenvalue weighted by Gasteiger charge is -2.45. The van der Waals surface area contributed by atoms with Crippen LogP contribution in [0.15, 0.2) is 18.2 Å². The van der Waals surface area contributed by atoms with E-state index >= 15 is 0 Å². The first-order valence-corrected chi connectivity index (χ1v) is 7.87. The van der Waals surface area contributed by atoms with E-state index in [1.54, 1.807) is 12.7 Å². The number of hydrogen-bond donors (Lipinski definition) is 0. The van der Waals surface area contributed by atoms with Crippen LogP contribution in [0.4, 0.5) is 0 Å². The van der Waals surface area contributed by atoms with Crippen LogP contribution in [0.25, 0.3) is 0 Å². The maximum absolute atomic E-state index is 5.37. The highest BCUT2D eigenvalue weighted by molar-refractivity contribution is 5.44. The molecule has 0 radical (unpaired) electrons. The molecule has 3 rings (SSSR count). The Kier molecular flexibility index (Phi) is 3.32. The summed E-state index contributed by atoms with van der Waals surface area (Å²) in [5, 5.41) is 0. The lowest BCUT2D eigenvalue weighted by Crippen LogP contribution is -2.49. The average Bonchev–Trinajstić information content (AvgIpc) is 2.77. The van der Waals surface area contributed by atoms with Crippen molar-refractivity contribution >= 4 is 0 Å². The molecule has 2 nitrogen and oxygen atoms in total. The van der Waals surface area contributed by atoms with E-state index in [2.05, 4.69) is 43.9 Å². The topological polar surface area (TPSA) is 12.5 Å². The van der Waals surface area contributed by atoms with Crippen LogP contribution in [0.3, 0.4) is 0 Å². The highest BCUT2D eigenvalue weighted by Crippen LogP contribution is 2.47. The normalized spacial score (nSPS) is 22.0. The number of piperidine rings is 1. The summed E-state index contributed by atoms with van der Waals surface area (Å²) in [6.07, 6.45) is 5.17. The number of hydrogen-bond acceptors (Lipinski definition) is 2. The fourth-order valence-electron chi connectivity index (χ4n) is 4.05. The molecule has 0 bridgehead atoms. The smallest absolute Gasteiger partial charge is 0.119 e. The molecule has 1 aromatic rings. The first kappa shape index (κ1) is 13.9. The maximum Gasteiger partial charge on any atom is 0.119 e. The predicted molar refractivity (Wildman–Crippen MR) is 83.6 cm³/mol. The maximum atomic E-state index is 5.37. The van der Waals surface area contributed by atoms with Crippen molar-refractivity contribution in [1.29, 1.82) is 0 Å². The number of aryl methyl sites for hydroxylation is 1. The van der Waals surface area contributed by atoms with Gasteiger partial charge >= 0.3 is 0 Å². The number of likely N-dealkylation sites (tertiary alicyclic amines) is 1. The quantitative estimate of drug-likeness (QED) is 0.772. The second-order valence-corrected chi connectivity index (χ2v) is 7.46. The van der Waals surface area contributed by atoms with Gasteiger partial charge in [0, 0.05) is 5.54 Å². The first-order chi connectivity index (χ1) is 9.44. The summed E-state index contributed by atoms with van der Waals surface area (Å²) in [7, 11) is 1.76. The third kappa shape index (κ3) is 2.24. The molecule has 1 heterocycles. The van der Waals surface area contributed by atoms with E-state index in [0.29, 0.717) is 11.0 Å². The number of methoxy groups -OCH3 is 1. The highest BCUT2D eigenvalue weighted by Gasteiger charge is 2.42. The van der Waals surface area contributed by atoms with Crippen molar-refractivity contribution < 1.29 is 4.74 Å². The molecular weight excluding hydrogens is 246 g/mol. The first-order valence-electron chi connectivity index (χ1n) is 7.87. The lowest BCUT2D eigenvalue weighted by atomic mass is 9.73. The molecule has 1 fully saturated rings. The van der Waals surface area contributed by atoms with Crippen LogP contribution in [-0.2, 0) is 11.8 Å². The van der Waals surface area contributed by atoms with Gasteiger partial charge in [0.15, 0.2) is 0 Å². The summed E-state index contributed by atoms with van der Waals surface area (Å²) in [5.41, 5.74) is 3.88. The minimum absolute atomic E-state index is 0.308. The van der Waals surface area contributed by atoms with E-state index in [0.717, 1.165) is 5.75 Å². The standard InChI is InChI=1S/C18H27NO/c1-17(2,3)19-11-9-18(10-12-19)8-7-14-13-15(20-4)5-6-16(14)18/h5-6,13H,7-12H2,1-4H3. The van der Waals surface area contributed by atoms with Crippen LogP contribution in [0.5, 0.6) is 5.75 Å². The fourth-order valence-corrected chi connectivity index (χ4v) is 4.05. The summed E-state index contributed by atoms with van der Waals surface area (Å²) in [6.45, 7) is 9.46. The molecular formula is C18H27NO.